The molecule has 5 aromatic rings. The number of ether oxygens (including phenoxy) is 1. The molecule has 2 aliphatic heterocycles. The Morgan fingerprint density at radius 3 is 2.57 bits per heavy atom. The number of aromatic hydroxyl groups is 1. The number of nitrogens with one attached hydrogen (secondary N) is 1. The second kappa shape index (κ2) is 10.5. The molecule has 3 aromatic carbocycles. The zero-order chi connectivity index (χ0) is 28.8. The van der Waals surface area contributed by atoms with Crippen LogP contribution in [0.4, 0.5) is 22.9 Å². The van der Waals surface area contributed by atoms with Crippen LogP contribution in [0.1, 0.15) is 29.8 Å². The summed E-state index contributed by atoms with van der Waals surface area (Å²) in [4.78, 5) is 16.9. The van der Waals surface area contributed by atoms with E-state index in [1.54, 1.807) is 16.9 Å². The first-order chi connectivity index (χ1) is 20.5. The van der Waals surface area contributed by atoms with E-state index in [9.17, 15) is 5.11 Å². The average Bonchev–Trinajstić information content (AvgIpc) is 3.35. The number of halogens is 1. The fraction of sp³-hybridized carbons (Fsp3) is 0.125. The summed E-state index contributed by atoms with van der Waals surface area (Å²) in [5.41, 5.74) is 4.84. The van der Waals surface area contributed by atoms with Crippen molar-refractivity contribution >= 4 is 50.5 Å². The van der Waals surface area contributed by atoms with Gasteiger partial charge in [-0.2, -0.15) is 9.78 Å². The smallest absolute Gasteiger partial charge is 0.179 e. The highest BCUT2D eigenvalue weighted by molar-refractivity contribution is 9.10. The number of rotatable bonds is 5. The van der Waals surface area contributed by atoms with E-state index in [1.807, 2.05) is 92.7 Å². The van der Waals surface area contributed by atoms with Gasteiger partial charge in [0.1, 0.15) is 11.5 Å². The van der Waals surface area contributed by atoms with Crippen LogP contribution >= 0.6 is 15.9 Å². The molecule has 0 spiro atoms. The number of phenolic OH excluding ortho intramolecular Hbond substituents is 1. The number of aryl methyl sites for hydroxylation is 1. The van der Waals surface area contributed by atoms with E-state index in [1.165, 1.54) is 0 Å². The zero-order valence-electron chi connectivity index (χ0n) is 22.9. The molecule has 4 heterocycles. The fourth-order valence-corrected chi connectivity index (χ4v) is 5.79. The van der Waals surface area contributed by atoms with Gasteiger partial charge in [-0.25, -0.2) is 15.0 Å². The highest BCUT2D eigenvalue weighted by Gasteiger charge is 2.42. The fourth-order valence-electron chi connectivity index (χ4n) is 5.41. The summed E-state index contributed by atoms with van der Waals surface area (Å²) < 4.78 is 8.24. The lowest BCUT2D eigenvalue weighted by Crippen LogP contribution is -2.46. The number of para-hydroxylation sites is 2. The van der Waals surface area contributed by atoms with E-state index in [-0.39, 0.29) is 5.75 Å². The molecule has 0 aliphatic carbocycles. The van der Waals surface area contributed by atoms with E-state index >= 15 is 0 Å². The molecule has 1 atom stereocenters. The minimum absolute atomic E-state index is 0.168. The normalized spacial score (nSPS) is 15.2. The molecule has 42 heavy (non-hydrogen) atoms. The van der Waals surface area contributed by atoms with Crippen molar-refractivity contribution in [2.45, 2.75) is 19.9 Å². The predicted octanol–water partition coefficient (Wildman–Crippen LogP) is 7.24. The van der Waals surface area contributed by atoms with E-state index in [4.69, 9.17) is 19.8 Å². The van der Waals surface area contributed by atoms with Gasteiger partial charge in [-0.15, -0.1) is 0 Å². The minimum Gasteiger partial charge on any atom is -0.508 e. The largest absolute Gasteiger partial charge is 0.508 e. The number of nitrogens with zero attached hydrogens (tertiary/aromatic N) is 6. The standard InChI is InChI=1S/C32H26BrN7O2/c1-3-42-22-14-12-21(13-15-22)35-30-32-37-31-28(19(2)38-40(31)27-10-6-7-17-34-27)29(23-18-20(33)11-16-26(23)41)39(32)25-9-5-4-8-24(25)36-30/h4-18,29,41H,3H2,1-2H3,(H,35,36). The first-order valence-corrected chi connectivity index (χ1v) is 14.4. The molecule has 0 bridgehead atoms. The number of aromatic nitrogens is 3. The van der Waals surface area contributed by atoms with Crippen LogP contribution in [0.25, 0.3) is 5.82 Å². The predicted molar refractivity (Wildman–Crippen MR) is 168 cm³/mol. The monoisotopic (exact) mass is 619 g/mol. The van der Waals surface area contributed by atoms with Crippen LogP contribution in [-0.4, -0.2) is 38.1 Å². The maximum atomic E-state index is 11.3. The first-order valence-electron chi connectivity index (χ1n) is 13.6. The molecule has 0 fully saturated rings. The summed E-state index contributed by atoms with van der Waals surface area (Å²) in [6.45, 7) is 4.52. The van der Waals surface area contributed by atoms with Gasteiger partial charge in [-0.3, -0.25) is 0 Å². The van der Waals surface area contributed by atoms with Crippen molar-refractivity contribution in [1.82, 2.24) is 14.8 Å². The van der Waals surface area contributed by atoms with Crippen LogP contribution in [0.5, 0.6) is 11.5 Å². The van der Waals surface area contributed by atoms with Gasteiger partial charge in [0, 0.05) is 27.5 Å². The number of hydrogen-bond donors (Lipinski definition) is 2. The molecule has 0 amide bonds. The number of amidine groups is 2. The highest BCUT2D eigenvalue weighted by atomic mass is 79.9. The lowest BCUT2D eigenvalue weighted by Gasteiger charge is -2.40. The van der Waals surface area contributed by atoms with Crippen LogP contribution in [-0.2, 0) is 0 Å². The van der Waals surface area contributed by atoms with Crippen LogP contribution < -0.4 is 15.0 Å². The molecular formula is C32H26BrN7O2. The van der Waals surface area contributed by atoms with Gasteiger partial charge in [0.25, 0.3) is 0 Å². The molecule has 208 valence electrons. The Kier molecular flexibility index (Phi) is 6.47. The number of anilines is 2. The molecule has 7 rings (SSSR count). The summed E-state index contributed by atoms with van der Waals surface area (Å²) in [5, 5.41) is 19.6. The minimum atomic E-state index is -0.462. The lowest BCUT2D eigenvalue weighted by atomic mass is 9.92. The number of fused-ring (bicyclic) bond motifs is 4. The molecule has 2 aromatic heterocycles. The van der Waals surface area contributed by atoms with Crippen molar-refractivity contribution in [3.8, 4) is 17.3 Å². The van der Waals surface area contributed by atoms with Crippen LogP contribution in [0, 0.1) is 6.92 Å². The summed E-state index contributed by atoms with van der Waals surface area (Å²) >= 11 is 3.62. The second-order valence-electron chi connectivity index (χ2n) is 9.87. The number of hydrogen-bond acceptors (Lipinski definition) is 8. The topological polar surface area (TPSA) is 100 Å². The molecular weight excluding hydrogens is 594 g/mol. The summed E-state index contributed by atoms with van der Waals surface area (Å²) in [6.07, 6.45) is 1.73. The zero-order valence-corrected chi connectivity index (χ0v) is 24.4. The Bertz CT molecular complexity index is 1870. The summed E-state index contributed by atoms with van der Waals surface area (Å²) in [5.74, 6) is 3.39. The van der Waals surface area contributed by atoms with E-state index < -0.39 is 6.04 Å². The van der Waals surface area contributed by atoms with Gasteiger partial charge >= 0.3 is 0 Å². The van der Waals surface area contributed by atoms with Gasteiger partial charge in [-0.05, 0) is 80.6 Å². The SMILES string of the molecule is CCOc1ccc(NC2=Nc3ccccc3N3C2=Nc2c(c(C)nn2-c2ccccn2)C3c2cc(Br)ccc2O)cc1. The Morgan fingerprint density at radius 2 is 1.79 bits per heavy atom. The van der Waals surface area contributed by atoms with Crippen molar-refractivity contribution in [2.24, 2.45) is 9.98 Å². The van der Waals surface area contributed by atoms with Crippen LogP contribution in [0.3, 0.4) is 0 Å². The van der Waals surface area contributed by atoms with Crippen LogP contribution in [0.2, 0.25) is 0 Å². The van der Waals surface area contributed by atoms with Gasteiger partial charge < -0.3 is 20.1 Å². The third-order valence-corrected chi connectivity index (χ3v) is 7.71. The van der Waals surface area contributed by atoms with E-state index in [2.05, 4.69) is 31.1 Å². The van der Waals surface area contributed by atoms with Crippen molar-refractivity contribution in [3.63, 3.8) is 0 Å². The van der Waals surface area contributed by atoms with Gasteiger partial charge in [0.2, 0.25) is 0 Å². The van der Waals surface area contributed by atoms with Crippen molar-refractivity contribution in [1.29, 1.82) is 0 Å². The molecule has 0 radical (unpaired) electrons. The third kappa shape index (κ3) is 4.40. The quantitative estimate of drug-likeness (QED) is 0.215. The molecule has 9 nitrogen and oxygen atoms in total. The second-order valence-corrected chi connectivity index (χ2v) is 10.8. The number of pyridine rings is 1. The Hall–Kier alpha value is -4.96. The number of aliphatic imine (C=N–C) groups is 2. The maximum Gasteiger partial charge on any atom is 0.179 e. The van der Waals surface area contributed by atoms with Crippen molar-refractivity contribution in [3.05, 3.63) is 112 Å². The third-order valence-electron chi connectivity index (χ3n) is 7.22. The molecule has 10 heteroatoms. The number of phenols is 1. The van der Waals surface area contributed by atoms with Crippen LogP contribution in [0.15, 0.2) is 106 Å². The van der Waals surface area contributed by atoms with Gasteiger partial charge in [0.05, 0.1) is 29.7 Å². The first kappa shape index (κ1) is 26.0. The lowest BCUT2D eigenvalue weighted by molar-refractivity contribution is 0.340. The summed E-state index contributed by atoms with van der Waals surface area (Å²) in [7, 11) is 0. The summed E-state index contributed by atoms with van der Waals surface area (Å²) in [6, 6.07) is 26.4. The van der Waals surface area contributed by atoms with Gasteiger partial charge in [-0.1, -0.05) is 34.1 Å². The Morgan fingerprint density at radius 1 is 0.976 bits per heavy atom. The van der Waals surface area contributed by atoms with Crippen molar-refractivity contribution < 1.29 is 9.84 Å². The van der Waals surface area contributed by atoms with Gasteiger partial charge in [0.15, 0.2) is 23.3 Å². The molecule has 1 unspecified atom stereocenters. The van der Waals surface area contributed by atoms with Crippen molar-refractivity contribution in [2.75, 3.05) is 16.8 Å². The molecule has 0 saturated heterocycles. The Balaban J connectivity index is 1.47. The molecule has 0 saturated carbocycles. The molecule has 2 N–H and O–H groups in total. The van der Waals surface area contributed by atoms with E-state index in [0.717, 1.165) is 38.5 Å². The average molecular weight is 621 g/mol. The maximum absolute atomic E-state index is 11.3. The number of benzene rings is 3. The molecule has 2 aliphatic rings. The highest BCUT2D eigenvalue weighted by Crippen LogP contribution is 2.50. The Labute approximate surface area is 251 Å². The van der Waals surface area contributed by atoms with E-state index in [0.29, 0.717) is 35.5 Å².